The van der Waals surface area contributed by atoms with Crippen LogP contribution < -0.4 is 5.32 Å². The molecule has 1 aromatic rings. The smallest absolute Gasteiger partial charge is 0.316 e. The van der Waals surface area contributed by atoms with Crippen LogP contribution in [0.15, 0.2) is 27.6 Å². The van der Waals surface area contributed by atoms with Crippen molar-refractivity contribution >= 4 is 39.6 Å². The van der Waals surface area contributed by atoms with Gasteiger partial charge in [-0.3, -0.25) is 9.59 Å². The molecule has 0 radical (unpaired) electrons. The van der Waals surface area contributed by atoms with Crippen LogP contribution in [0.5, 0.6) is 0 Å². The second-order valence-electron chi connectivity index (χ2n) is 4.56. The van der Waals surface area contributed by atoms with Gasteiger partial charge in [0.15, 0.2) is 6.61 Å². The summed E-state index contributed by atoms with van der Waals surface area (Å²) in [5, 5.41) is 2.70. The first-order valence-corrected chi connectivity index (χ1v) is 8.62. The predicted molar refractivity (Wildman–Crippen MR) is 88.5 cm³/mol. The second kappa shape index (κ2) is 9.84. The molecule has 0 fully saturated rings. The van der Waals surface area contributed by atoms with E-state index in [1.54, 1.807) is 0 Å². The Balaban J connectivity index is 2.26. The van der Waals surface area contributed by atoms with E-state index in [1.807, 2.05) is 32.0 Å². The minimum absolute atomic E-state index is 0.199. The molecule has 0 aliphatic heterocycles. The maximum Gasteiger partial charge on any atom is 0.316 e. The van der Waals surface area contributed by atoms with Gasteiger partial charge in [-0.25, -0.2) is 0 Å². The summed E-state index contributed by atoms with van der Waals surface area (Å²) in [7, 11) is 0. The molecular weight excluding hydrogens is 354 g/mol. The highest BCUT2D eigenvalue weighted by Gasteiger charge is 2.09. The molecular formula is C15H20BrNO3S. The number of benzene rings is 1. The van der Waals surface area contributed by atoms with Crippen LogP contribution in [0.4, 0.5) is 0 Å². The van der Waals surface area contributed by atoms with Crippen LogP contribution >= 0.6 is 27.7 Å². The third kappa shape index (κ3) is 7.52. The van der Waals surface area contributed by atoms with E-state index in [0.717, 1.165) is 27.8 Å². The Hall–Kier alpha value is -1.01. The van der Waals surface area contributed by atoms with Gasteiger partial charge in [-0.2, -0.15) is 0 Å². The molecule has 0 saturated carbocycles. The number of carbonyl (C=O) groups excluding carboxylic acids is 2. The Kier molecular flexibility index (Phi) is 8.45. The molecule has 0 heterocycles. The zero-order chi connectivity index (χ0) is 15.7. The highest BCUT2D eigenvalue weighted by Crippen LogP contribution is 2.25. The van der Waals surface area contributed by atoms with Gasteiger partial charge in [0.05, 0.1) is 5.75 Å². The Bertz CT molecular complexity index is 494. The van der Waals surface area contributed by atoms with E-state index in [2.05, 4.69) is 21.2 Å². The molecule has 0 aromatic heterocycles. The van der Waals surface area contributed by atoms with Crippen LogP contribution in [0.1, 0.15) is 25.3 Å². The zero-order valence-corrected chi connectivity index (χ0v) is 14.7. The number of ether oxygens (including phenoxy) is 1. The third-order valence-corrected chi connectivity index (χ3v) is 4.34. The molecule has 0 atom stereocenters. The van der Waals surface area contributed by atoms with Crippen molar-refractivity contribution in [3.05, 3.63) is 28.2 Å². The number of thioether (sulfide) groups is 1. The highest BCUT2D eigenvalue weighted by atomic mass is 79.9. The fourth-order valence-corrected chi connectivity index (χ4v) is 2.84. The summed E-state index contributed by atoms with van der Waals surface area (Å²) >= 11 is 4.81. The number of halogens is 1. The lowest BCUT2D eigenvalue weighted by atomic mass is 10.2. The summed E-state index contributed by atoms with van der Waals surface area (Å²) in [5.41, 5.74) is 1.10. The maximum atomic E-state index is 11.6. The van der Waals surface area contributed by atoms with E-state index in [1.165, 1.54) is 11.8 Å². The van der Waals surface area contributed by atoms with Gasteiger partial charge in [-0.1, -0.05) is 29.3 Å². The van der Waals surface area contributed by atoms with E-state index in [9.17, 15) is 9.59 Å². The number of rotatable bonds is 8. The summed E-state index contributed by atoms with van der Waals surface area (Å²) in [6.45, 7) is 4.45. The summed E-state index contributed by atoms with van der Waals surface area (Å²) in [4.78, 5) is 24.0. The van der Waals surface area contributed by atoms with E-state index in [-0.39, 0.29) is 24.2 Å². The number of hydrogen-bond donors (Lipinski definition) is 1. The summed E-state index contributed by atoms with van der Waals surface area (Å²) < 4.78 is 5.95. The fraction of sp³-hybridized carbons (Fsp3) is 0.467. The van der Waals surface area contributed by atoms with Crippen LogP contribution in [0.3, 0.4) is 0 Å². The maximum absolute atomic E-state index is 11.6. The Morgan fingerprint density at radius 2 is 2.14 bits per heavy atom. The second-order valence-corrected chi connectivity index (χ2v) is 6.50. The Morgan fingerprint density at radius 1 is 1.38 bits per heavy atom. The van der Waals surface area contributed by atoms with Crippen molar-refractivity contribution in [2.45, 2.75) is 31.6 Å². The van der Waals surface area contributed by atoms with Crippen molar-refractivity contribution in [1.82, 2.24) is 5.32 Å². The molecule has 0 aliphatic carbocycles. The average molecular weight is 374 g/mol. The number of hydrogen-bond acceptors (Lipinski definition) is 4. The van der Waals surface area contributed by atoms with Crippen LogP contribution in [0, 0.1) is 6.92 Å². The van der Waals surface area contributed by atoms with E-state index in [4.69, 9.17) is 4.74 Å². The SMILES string of the molecule is CCCCNC(=O)COC(=O)CSc1ccc(Br)cc1C. The normalized spacial score (nSPS) is 10.2. The van der Waals surface area contributed by atoms with E-state index >= 15 is 0 Å². The molecule has 1 N–H and O–H groups in total. The number of unbranched alkanes of at least 4 members (excludes halogenated alkanes) is 1. The standard InChI is InChI=1S/C15H20BrNO3S/c1-3-4-7-17-14(18)9-20-15(19)10-21-13-6-5-12(16)8-11(13)2/h5-6,8H,3-4,7,9-10H2,1-2H3,(H,17,18). The summed E-state index contributed by atoms with van der Waals surface area (Å²) in [5.74, 6) is -0.431. The van der Waals surface area contributed by atoms with Crippen molar-refractivity contribution < 1.29 is 14.3 Å². The lowest BCUT2D eigenvalue weighted by Crippen LogP contribution is -2.29. The van der Waals surface area contributed by atoms with Gasteiger partial charge >= 0.3 is 5.97 Å². The predicted octanol–water partition coefficient (Wildman–Crippen LogP) is 3.31. The molecule has 0 aliphatic rings. The Labute approximate surface area is 138 Å². The summed E-state index contributed by atoms with van der Waals surface area (Å²) in [6, 6.07) is 5.88. The van der Waals surface area contributed by atoms with Gasteiger partial charge < -0.3 is 10.1 Å². The van der Waals surface area contributed by atoms with Gasteiger partial charge in [-0.15, -0.1) is 11.8 Å². The van der Waals surface area contributed by atoms with Crippen molar-refractivity contribution in [3.63, 3.8) is 0 Å². The molecule has 116 valence electrons. The number of nitrogens with one attached hydrogen (secondary N) is 1. The van der Waals surface area contributed by atoms with Crippen molar-refractivity contribution in [2.24, 2.45) is 0 Å². The molecule has 0 spiro atoms. The van der Waals surface area contributed by atoms with Gasteiger partial charge in [0.25, 0.3) is 5.91 Å². The number of carbonyl (C=O) groups is 2. The Morgan fingerprint density at radius 3 is 2.81 bits per heavy atom. The lowest BCUT2D eigenvalue weighted by molar-refractivity contribution is -0.145. The van der Waals surface area contributed by atoms with Gasteiger partial charge in [0.1, 0.15) is 0 Å². The monoisotopic (exact) mass is 373 g/mol. The molecule has 21 heavy (non-hydrogen) atoms. The zero-order valence-electron chi connectivity index (χ0n) is 12.3. The average Bonchev–Trinajstić information content (AvgIpc) is 2.44. The minimum Gasteiger partial charge on any atom is -0.455 e. The van der Waals surface area contributed by atoms with Gasteiger partial charge in [0, 0.05) is 15.9 Å². The summed E-state index contributed by atoms with van der Waals surface area (Å²) in [6.07, 6.45) is 1.95. The fourth-order valence-electron chi connectivity index (χ4n) is 1.55. The molecule has 1 rings (SSSR count). The first kappa shape index (κ1) is 18.0. The van der Waals surface area contributed by atoms with E-state index in [0.29, 0.717) is 6.54 Å². The van der Waals surface area contributed by atoms with Crippen molar-refractivity contribution in [1.29, 1.82) is 0 Å². The van der Waals surface area contributed by atoms with Crippen LogP contribution in [-0.2, 0) is 14.3 Å². The number of esters is 1. The lowest BCUT2D eigenvalue weighted by Gasteiger charge is -2.07. The first-order valence-electron chi connectivity index (χ1n) is 6.84. The number of aryl methyl sites for hydroxylation is 1. The van der Waals surface area contributed by atoms with Crippen molar-refractivity contribution in [2.75, 3.05) is 18.9 Å². The molecule has 6 heteroatoms. The van der Waals surface area contributed by atoms with Crippen LogP contribution in [0.25, 0.3) is 0 Å². The largest absolute Gasteiger partial charge is 0.455 e. The first-order chi connectivity index (χ1) is 10.0. The van der Waals surface area contributed by atoms with Crippen LogP contribution in [0.2, 0.25) is 0 Å². The van der Waals surface area contributed by atoms with Gasteiger partial charge in [-0.05, 0) is 37.1 Å². The van der Waals surface area contributed by atoms with E-state index < -0.39 is 0 Å². The third-order valence-electron chi connectivity index (χ3n) is 2.70. The molecule has 4 nitrogen and oxygen atoms in total. The van der Waals surface area contributed by atoms with Crippen LogP contribution in [-0.4, -0.2) is 30.8 Å². The molecule has 0 bridgehead atoms. The molecule has 1 amide bonds. The topological polar surface area (TPSA) is 55.4 Å². The molecule has 0 unspecified atom stereocenters. The molecule has 1 aromatic carbocycles. The molecule has 0 saturated heterocycles. The van der Waals surface area contributed by atoms with Gasteiger partial charge in [0.2, 0.25) is 0 Å². The number of amides is 1. The minimum atomic E-state index is -0.382. The van der Waals surface area contributed by atoms with Crippen molar-refractivity contribution in [3.8, 4) is 0 Å². The quantitative estimate of drug-likeness (QED) is 0.431. The highest BCUT2D eigenvalue weighted by molar-refractivity contribution is 9.10.